The zero-order valence-corrected chi connectivity index (χ0v) is 20.8. The fraction of sp³-hybridized carbons (Fsp3) is 0.407. The van der Waals surface area contributed by atoms with Gasteiger partial charge in [-0.3, -0.25) is 4.90 Å². The first-order chi connectivity index (χ1) is 16.1. The molecule has 0 spiro atoms. The summed E-state index contributed by atoms with van der Waals surface area (Å²) in [6.07, 6.45) is 3.59. The van der Waals surface area contributed by atoms with E-state index in [4.69, 9.17) is 5.73 Å². The Morgan fingerprint density at radius 2 is 1.70 bits per heavy atom. The zero-order chi connectivity index (χ0) is 23.7. The van der Waals surface area contributed by atoms with Crippen molar-refractivity contribution in [3.63, 3.8) is 0 Å². The highest BCUT2D eigenvalue weighted by atomic mass is 32.1. The molecule has 1 fully saturated rings. The second kappa shape index (κ2) is 16.5. The highest BCUT2D eigenvalue weighted by Gasteiger charge is 2.17. The Bertz CT molecular complexity index is 850. The van der Waals surface area contributed by atoms with Crippen LogP contribution in [0.4, 0.5) is 4.39 Å². The lowest BCUT2D eigenvalue weighted by molar-refractivity contribution is 0.194. The highest BCUT2D eigenvalue weighted by molar-refractivity contribution is 7.09. The van der Waals surface area contributed by atoms with Crippen molar-refractivity contribution in [2.75, 3.05) is 33.7 Å². The smallest absolute Gasteiger partial charge is 0.123 e. The molecule has 1 aliphatic rings. The molecule has 3 aromatic rings. The summed E-state index contributed by atoms with van der Waals surface area (Å²) in [7, 11) is 3.91. The Labute approximate surface area is 203 Å². The van der Waals surface area contributed by atoms with Gasteiger partial charge in [0.05, 0.1) is 0 Å². The molecule has 6 heteroatoms. The summed E-state index contributed by atoms with van der Waals surface area (Å²) in [5.41, 5.74) is 7.73. The molecule has 0 aliphatic carbocycles. The fourth-order valence-corrected chi connectivity index (χ4v) is 4.39. The third-order valence-corrected chi connectivity index (χ3v) is 6.42. The summed E-state index contributed by atoms with van der Waals surface area (Å²) in [5.74, 6) is -0.173. The number of nitrogens with one attached hydrogen (secondary N) is 2. The van der Waals surface area contributed by atoms with Gasteiger partial charge in [0, 0.05) is 24.0 Å². The predicted octanol–water partition coefficient (Wildman–Crippen LogP) is 4.66. The summed E-state index contributed by atoms with van der Waals surface area (Å²) in [4.78, 5) is 3.93. The molecule has 1 saturated heterocycles. The third kappa shape index (κ3) is 11.6. The van der Waals surface area contributed by atoms with Crippen LogP contribution in [0.15, 0.2) is 72.1 Å². The van der Waals surface area contributed by atoms with Crippen molar-refractivity contribution >= 4 is 11.3 Å². The first kappa shape index (κ1) is 27.2. The normalized spacial score (nSPS) is 14.1. The van der Waals surface area contributed by atoms with E-state index in [9.17, 15) is 4.39 Å². The Kier molecular flexibility index (Phi) is 13.6. The van der Waals surface area contributed by atoms with Gasteiger partial charge in [0.1, 0.15) is 5.82 Å². The molecule has 0 amide bonds. The van der Waals surface area contributed by atoms with E-state index in [1.54, 1.807) is 17.4 Å². The summed E-state index contributed by atoms with van der Waals surface area (Å²) in [5, 5.41) is 8.38. The molecule has 0 radical (unpaired) electrons. The van der Waals surface area contributed by atoms with Gasteiger partial charge in [-0.25, -0.2) is 4.39 Å². The van der Waals surface area contributed by atoms with Crippen LogP contribution in [0.1, 0.15) is 28.8 Å². The summed E-state index contributed by atoms with van der Waals surface area (Å²) < 4.78 is 12.5. The number of likely N-dealkylation sites (tertiary alicyclic amines) is 1. The number of piperidine rings is 1. The van der Waals surface area contributed by atoms with Crippen molar-refractivity contribution in [3.8, 4) is 0 Å². The number of rotatable bonds is 7. The molecule has 1 aliphatic heterocycles. The van der Waals surface area contributed by atoms with Gasteiger partial charge in [-0.1, -0.05) is 48.5 Å². The molecule has 4 nitrogen and oxygen atoms in total. The molecular weight excluding hydrogens is 431 g/mol. The second-order valence-corrected chi connectivity index (χ2v) is 9.14. The molecule has 4 N–H and O–H groups in total. The predicted molar refractivity (Wildman–Crippen MR) is 140 cm³/mol. The highest BCUT2D eigenvalue weighted by Crippen LogP contribution is 2.13. The lowest BCUT2D eigenvalue weighted by Crippen LogP contribution is -2.40. The van der Waals surface area contributed by atoms with Crippen LogP contribution in [0.5, 0.6) is 0 Å². The third-order valence-electron chi connectivity index (χ3n) is 5.49. The van der Waals surface area contributed by atoms with Gasteiger partial charge in [-0.2, -0.15) is 0 Å². The number of halogens is 1. The van der Waals surface area contributed by atoms with E-state index in [1.807, 2.05) is 13.1 Å². The van der Waals surface area contributed by atoms with Gasteiger partial charge in [0.15, 0.2) is 0 Å². The van der Waals surface area contributed by atoms with E-state index in [0.29, 0.717) is 0 Å². The van der Waals surface area contributed by atoms with Gasteiger partial charge in [-0.05, 0) is 87.7 Å². The molecule has 33 heavy (non-hydrogen) atoms. The average Bonchev–Trinajstić information content (AvgIpc) is 3.35. The van der Waals surface area contributed by atoms with E-state index in [-0.39, 0.29) is 5.82 Å². The van der Waals surface area contributed by atoms with E-state index in [2.05, 4.69) is 70.4 Å². The average molecular weight is 471 g/mol. The van der Waals surface area contributed by atoms with Crippen molar-refractivity contribution in [3.05, 3.63) is 93.9 Å². The maximum Gasteiger partial charge on any atom is 0.123 e. The number of benzene rings is 2. The Morgan fingerprint density at radius 3 is 2.27 bits per heavy atom. The van der Waals surface area contributed by atoms with Crippen LogP contribution >= 0.6 is 11.3 Å². The Balaban J connectivity index is 0.000000186. The molecule has 2 aromatic carbocycles. The number of nitrogens with two attached hydrogens (primary N) is 1. The number of thiophene rings is 1. The maximum absolute atomic E-state index is 12.5. The summed E-state index contributed by atoms with van der Waals surface area (Å²) >= 11 is 1.77. The Morgan fingerprint density at radius 1 is 0.970 bits per heavy atom. The van der Waals surface area contributed by atoms with Gasteiger partial charge in [0.2, 0.25) is 0 Å². The fourth-order valence-electron chi connectivity index (χ4n) is 3.67. The molecule has 2 heterocycles. The molecule has 0 unspecified atom stereocenters. The van der Waals surface area contributed by atoms with Crippen LogP contribution in [0.25, 0.3) is 0 Å². The maximum atomic E-state index is 12.5. The number of hydrogen-bond donors (Lipinski definition) is 3. The van der Waals surface area contributed by atoms with Gasteiger partial charge < -0.3 is 16.4 Å². The van der Waals surface area contributed by atoms with Gasteiger partial charge >= 0.3 is 0 Å². The van der Waals surface area contributed by atoms with Crippen LogP contribution in [-0.2, 0) is 19.5 Å². The van der Waals surface area contributed by atoms with Crippen LogP contribution in [-0.4, -0.2) is 44.7 Å². The molecule has 0 saturated carbocycles. The van der Waals surface area contributed by atoms with Crippen LogP contribution in [0.3, 0.4) is 0 Å². The minimum atomic E-state index is -0.173. The van der Waals surface area contributed by atoms with Crippen LogP contribution in [0.2, 0.25) is 0 Å². The lowest BCUT2D eigenvalue weighted by atomic mass is 10.0. The van der Waals surface area contributed by atoms with Crippen molar-refractivity contribution in [1.82, 2.24) is 15.5 Å². The first-order valence-corrected chi connectivity index (χ1v) is 12.6. The number of hydrogen-bond acceptors (Lipinski definition) is 5. The van der Waals surface area contributed by atoms with Crippen molar-refractivity contribution < 1.29 is 4.39 Å². The quantitative estimate of drug-likeness (QED) is 0.470. The number of nitrogens with zero attached hydrogens (tertiary/aromatic N) is 1. The minimum absolute atomic E-state index is 0.173. The molecule has 4 rings (SSSR count). The molecule has 0 atom stereocenters. The molecule has 1 aromatic heterocycles. The lowest BCUT2D eigenvalue weighted by Gasteiger charge is -2.31. The van der Waals surface area contributed by atoms with E-state index in [0.717, 1.165) is 37.7 Å². The van der Waals surface area contributed by atoms with E-state index < -0.39 is 0 Å². The van der Waals surface area contributed by atoms with Crippen LogP contribution < -0.4 is 16.4 Å². The summed E-state index contributed by atoms with van der Waals surface area (Å²) in [6, 6.07) is 22.2. The van der Waals surface area contributed by atoms with E-state index >= 15 is 0 Å². The van der Waals surface area contributed by atoms with E-state index in [1.165, 1.54) is 48.5 Å². The molecule has 180 valence electrons. The first-order valence-electron chi connectivity index (χ1n) is 11.7. The summed E-state index contributed by atoms with van der Waals surface area (Å²) in [6.45, 7) is 5.04. The topological polar surface area (TPSA) is 53.3 Å². The largest absolute Gasteiger partial charge is 0.330 e. The van der Waals surface area contributed by atoms with Crippen molar-refractivity contribution in [2.45, 2.75) is 38.4 Å². The molecule has 0 bridgehead atoms. The minimum Gasteiger partial charge on any atom is -0.330 e. The van der Waals surface area contributed by atoms with Gasteiger partial charge in [-0.15, -0.1) is 11.3 Å². The monoisotopic (exact) mass is 470 g/mol. The standard InChI is InChI=1S/C13H20N2.C8H10FN.C6H9NS/c1-14-13-7-9-15(10-8-13)11-12-5-3-2-4-6-12;1-10-6-7-3-2-4-8(9)5-7;7-4-3-6-2-1-5-8-6/h2-6,13-14H,7-11H2,1H3;2-5,10H,6H2,1H3;1-2,5H,3-4,7H2. The van der Waals surface area contributed by atoms with Crippen LogP contribution in [0, 0.1) is 5.82 Å². The van der Waals surface area contributed by atoms with Crippen molar-refractivity contribution in [2.24, 2.45) is 5.73 Å². The SMILES string of the molecule is CNC1CCN(Cc2ccccc2)CC1.CNCc1cccc(F)c1.NCCc1cccs1. The second-order valence-electron chi connectivity index (χ2n) is 8.10. The van der Waals surface area contributed by atoms with Crippen molar-refractivity contribution in [1.29, 1.82) is 0 Å². The van der Waals surface area contributed by atoms with Gasteiger partial charge in [0.25, 0.3) is 0 Å². The Hall–Kier alpha value is -2.09. The molecular formula is C27H39FN4S. The zero-order valence-electron chi connectivity index (χ0n) is 20.0.